The highest BCUT2D eigenvalue weighted by molar-refractivity contribution is 5.62. The fraction of sp³-hybridized carbons (Fsp3) is 0.600. The average molecular weight is 279 g/mol. The number of methoxy groups -OCH3 is 1. The second kappa shape index (κ2) is 5.89. The lowest BCUT2D eigenvalue weighted by molar-refractivity contribution is 0.0527. The average Bonchev–Trinajstić information content (AvgIpc) is 2.48. The third kappa shape index (κ3) is 2.99. The van der Waals surface area contributed by atoms with Crippen LogP contribution in [-0.4, -0.2) is 55.4 Å². The summed E-state index contributed by atoms with van der Waals surface area (Å²) in [5, 5.41) is 9.44. The molecule has 5 heteroatoms. The molecule has 112 valence electrons. The van der Waals surface area contributed by atoms with E-state index in [0.717, 1.165) is 37.6 Å². The number of hydrogen-bond donors (Lipinski definition) is 2. The Kier molecular flexibility index (Phi) is 4.40. The van der Waals surface area contributed by atoms with Gasteiger partial charge in [0.15, 0.2) is 0 Å². The van der Waals surface area contributed by atoms with E-state index in [1.807, 2.05) is 18.2 Å². The van der Waals surface area contributed by atoms with E-state index >= 15 is 0 Å². The zero-order valence-corrected chi connectivity index (χ0v) is 12.6. The number of aliphatic hydroxyl groups is 1. The molecule has 1 aromatic carbocycles. The molecular formula is C15H25N3O2. The Hall–Kier alpha value is -1.46. The van der Waals surface area contributed by atoms with E-state index in [4.69, 9.17) is 10.5 Å². The first-order chi connectivity index (χ1) is 9.47. The number of hydrogen-bond acceptors (Lipinski definition) is 5. The van der Waals surface area contributed by atoms with Crippen molar-refractivity contribution in [1.82, 2.24) is 4.90 Å². The van der Waals surface area contributed by atoms with Gasteiger partial charge in [-0.2, -0.15) is 0 Å². The van der Waals surface area contributed by atoms with E-state index in [1.165, 1.54) is 0 Å². The summed E-state index contributed by atoms with van der Waals surface area (Å²) in [5.41, 5.74) is 7.50. The first-order valence-corrected chi connectivity index (χ1v) is 7.02. The predicted molar refractivity (Wildman–Crippen MR) is 82.4 cm³/mol. The number of nitrogen functional groups attached to an aromatic ring is 1. The number of rotatable bonds is 4. The van der Waals surface area contributed by atoms with Gasteiger partial charge in [-0.1, -0.05) is 0 Å². The fourth-order valence-electron chi connectivity index (χ4n) is 2.57. The first kappa shape index (κ1) is 14.9. The minimum absolute atomic E-state index is 0.148. The summed E-state index contributed by atoms with van der Waals surface area (Å²) in [7, 11) is 1.64. The van der Waals surface area contributed by atoms with Crippen molar-refractivity contribution in [2.24, 2.45) is 0 Å². The number of nitrogens with zero attached hydrogens (tertiary/aromatic N) is 2. The van der Waals surface area contributed by atoms with E-state index in [0.29, 0.717) is 5.69 Å². The van der Waals surface area contributed by atoms with Crippen LogP contribution in [0.25, 0.3) is 0 Å². The summed E-state index contributed by atoms with van der Waals surface area (Å²) < 4.78 is 5.27. The quantitative estimate of drug-likeness (QED) is 0.810. The van der Waals surface area contributed by atoms with Gasteiger partial charge in [-0.3, -0.25) is 4.90 Å². The van der Waals surface area contributed by atoms with Crippen LogP contribution in [0.3, 0.4) is 0 Å². The Balaban J connectivity index is 2.04. The van der Waals surface area contributed by atoms with Crippen molar-refractivity contribution < 1.29 is 9.84 Å². The number of piperazine rings is 1. The molecule has 0 unspecified atom stereocenters. The molecule has 0 aliphatic carbocycles. The van der Waals surface area contributed by atoms with Crippen LogP contribution >= 0.6 is 0 Å². The van der Waals surface area contributed by atoms with Crippen molar-refractivity contribution in [3.63, 3.8) is 0 Å². The second-order valence-electron chi connectivity index (χ2n) is 5.87. The number of ether oxygens (including phenoxy) is 1. The topological polar surface area (TPSA) is 62.0 Å². The molecule has 1 aliphatic rings. The molecule has 0 saturated carbocycles. The Bertz CT molecular complexity index is 454. The maximum Gasteiger partial charge on any atom is 0.143 e. The van der Waals surface area contributed by atoms with Gasteiger partial charge in [-0.15, -0.1) is 0 Å². The monoisotopic (exact) mass is 279 g/mol. The van der Waals surface area contributed by atoms with Crippen molar-refractivity contribution in [3.05, 3.63) is 18.2 Å². The molecule has 1 saturated heterocycles. The van der Waals surface area contributed by atoms with Gasteiger partial charge in [-0.05, 0) is 26.0 Å². The summed E-state index contributed by atoms with van der Waals surface area (Å²) in [6, 6.07) is 5.91. The lowest BCUT2D eigenvalue weighted by Gasteiger charge is -2.43. The van der Waals surface area contributed by atoms with Gasteiger partial charge in [0.2, 0.25) is 0 Å². The van der Waals surface area contributed by atoms with Crippen molar-refractivity contribution in [2.75, 3.05) is 50.5 Å². The molecule has 1 aliphatic heterocycles. The van der Waals surface area contributed by atoms with Crippen LogP contribution < -0.4 is 15.4 Å². The van der Waals surface area contributed by atoms with Crippen LogP contribution in [0.5, 0.6) is 5.75 Å². The SMILES string of the molecule is COc1cc(N2CCN(C(C)(C)CO)CC2)ccc1N. The third-order valence-corrected chi connectivity index (χ3v) is 4.10. The zero-order valence-electron chi connectivity index (χ0n) is 12.6. The lowest BCUT2D eigenvalue weighted by atomic mass is 10.0. The van der Waals surface area contributed by atoms with Crippen molar-refractivity contribution in [3.8, 4) is 5.75 Å². The molecule has 0 radical (unpaired) electrons. The molecule has 3 N–H and O–H groups in total. The highest BCUT2D eigenvalue weighted by atomic mass is 16.5. The van der Waals surface area contributed by atoms with Gasteiger partial charge in [0.05, 0.1) is 19.4 Å². The molecule has 0 spiro atoms. The minimum atomic E-state index is -0.148. The molecule has 0 aromatic heterocycles. The second-order valence-corrected chi connectivity index (χ2v) is 5.87. The Morgan fingerprint density at radius 2 is 1.90 bits per heavy atom. The van der Waals surface area contributed by atoms with Crippen LogP contribution in [0.2, 0.25) is 0 Å². The van der Waals surface area contributed by atoms with E-state index in [-0.39, 0.29) is 12.1 Å². The van der Waals surface area contributed by atoms with Gasteiger partial charge in [0.25, 0.3) is 0 Å². The Morgan fingerprint density at radius 1 is 1.25 bits per heavy atom. The maximum atomic E-state index is 9.44. The van der Waals surface area contributed by atoms with Crippen molar-refractivity contribution in [1.29, 1.82) is 0 Å². The van der Waals surface area contributed by atoms with Crippen LogP contribution in [0, 0.1) is 0 Å². The van der Waals surface area contributed by atoms with Crippen LogP contribution in [0.4, 0.5) is 11.4 Å². The van der Waals surface area contributed by atoms with E-state index < -0.39 is 0 Å². The lowest BCUT2D eigenvalue weighted by Crippen LogP contribution is -2.56. The standard InChI is InChI=1S/C15H25N3O2/c1-15(2,11-19)18-8-6-17(7-9-18)12-4-5-13(16)14(10-12)20-3/h4-5,10,19H,6-9,11,16H2,1-3H3. The number of benzene rings is 1. The number of aliphatic hydroxyl groups excluding tert-OH is 1. The summed E-state index contributed by atoms with van der Waals surface area (Å²) in [5.74, 6) is 0.723. The molecule has 0 amide bonds. The highest BCUT2D eigenvalue weighted by Crippen LogP contribution is 2.28. The Morgan fingerprint density at radius 3 is 2.45 bits per heavy atom. The van der Waals surface area contributed by atoms with Crippen LogP contribution in [0.1, 0.15) is 13.8 Å². The smallest absolute Gasteiger partial charge is 0.143 e. The highest BCUT2D eigenvalue weighted by Gasteiger charge is 2.29. The largest absolute Gasteiger partial charge is 0.495 e. The Labute approximate surface area is 120 Å². The predicted octanol–water partition coefficient (Wildman–Crippen LogP) is 1.17. The molecule has 0 bridgehead atoms. The third-order valence-electron chi connectivity index (χ3n) is 4.10. The van der Waals surface area contributed by atoms with E-state index in [2.05, 4.69) is 23.6 Å². The number of anilines is 2. The summed E-state index contributed by atoms with van der Waals surface area (Å²) in [6.07, 6.45) is 0. The van der Waals surface area contributed by atoms with Gasteiger partial charge in [0.1, 0.15) is 5.75 Å². The zero-order chi connectivity index (χ0) is 14.8. The molecule has 20 heavy (non-hydrogen) atoms. The molecule has 5 nitrogen and oxygen atoms in total. The normalized spacial score (nSPS) is 17.3. The summed E-state index contributed by atoms with van der Waals surface area (Å²) >= 11 is 0. The van der Waals surface area contributed by atoms with E-state index in [1.54, 1.807) is 7.11 Å². The first-order valence-electron chi connectivity index (χ1n) is 7.02. The van der Waals surface area contributed by atoms with Crippen LogP contribution in [0.15, 0.2) is 18.2 Å². The van der Waals surface area contributed by atoms with Crippen LogP contribution in [-0.2, 0) is 0 Å². The summed E-state index contributed by atoms with van der Waals surface area (Å²) in [4.78, 5) is 4.66. The molecule has 2 rings (SSSR count). The molecule has 0 atom stereocenters. The van der Waals surface area contributed by atoms with E-state index in [9.17, 15) is 5.11 Å². The van der Waals surface area contributed by atoms with Gasteiger partial charge >= 0.3 is 0 Å². The molecule has 1 heterocycles. The fourth-order valence-corrected chi connectivity index (χ4v) is 2.57. The maximum absolute atomic E-state index is 9.44. The van der Waals surface area contributed by atoms with Gasteiger partial charge in [-0.25, -0.2) is 0 Å². The number of nitrogens with two attached hydrogens (primary N) is 1. The van der Waals surface area contributed by atoms with Crippen molar-refractivity contribution in [2.45, 2.75) is 19.4 Å². The molecule has 1 aromatic rings. The minimum Gasteiger partial charge on any atom is -0.495 e. The van der Waals surface area contributed by atoms with Gasteiger partial charge in [0, 0.05) is 43.5 Å². The van der Waals surface area contributed by atoms with Gasteiger partial charge < -0.3 is 20.5 Å². The van der Waals surface area contributed by atoms with Crippen molar-refractivity contribution >= 4 is 11.4 Å². The molecule has 1 fully saturated rings. The summed E-state index contributed by atoms with van der Waals surface area (Å²) in [6.45, 7) is 8.11. The molecular weight excluding hydrogens is 254 g/mol.